The molecule has 1 aliphatic carbocycles. The third-order valence-electron chi connectivity index (χ3n) is 3.17. The molecule has 1 aromatic carbocycles. The predicted octanol–water partition coefficient (Wildman–Crippen LogP) is 3.70. The number of nitrogens with one attached hydrogen (secondary N) is 1. The van der Waals surface area contributed by atoms with E-state index in [0.717, 1.165) is 31.2 Å². The van der Waals surface area contributed by atoms with E-state index in [0.29, 0.717) is 29.0 Å². The summed E-state index contributed by atoms with van der Waals surface area (Å²) in [7, 11) is 0. The van der Waals surface area contributed by atoms with Gasteiger partial charge in [0.05, 0.1) is 24.8 Å². The highest BCUT2D eigenvalue weighted by molar-refractivity contribution is 6.34. The maximum Gasteiger partial charge on any atom is 0.139 e. The first-order valence-corrected chi connectivity index (χ1v) is 7.88. The van der Waals surface area contributed by atoms with Crippen molar-refractivity contribution in [2.45, 2.75) is 32.2 Å². The molecule has 0 aromatic heterocycles. The van der Waals surface area contributed by atoms with E-state index in [1.807, 2.05) is 13.0 Å². The van der Waals surface area contributed by atoms with Gasteiger partial charge in [-0.3, -0.25) is 0 Å². The Morgan fingerprint density at radius 1 is 1.20 bits per heavy atom. The van der Waals surface area contributed by atoms with E-state index in [4.69, 9.17) is 32.7 Å². The first-order chi connectivity index (χ1) is 9.70. The maximum atomic E-state index is 6.22. The van der Waals surface area contributed by atoms with Crippen LogP contribution in [0, 0.1) is 0 Å². The van der Waals surface area contributed by atoms with Crippen LogP contribution in [0.15, 0.2) is 12.1 Å². The van der Waals surface area contributed by atoms with Crippen LogP contribution in [0.1, 0.15) is 25.3 Å². The van der Waals surface area contributed by atoms with Crippen molar-refractivity contribution in [3.63, 3.8) is 0 Å². The van der Waals surface area contributed by atoms with Gasteiger partial charge in [0, 0.05) is 23.7 Å². The Morgan fingerprint density at radius 3 is 2.70 bits per heavy atom. The standard InChI is InChI=1S/C15H21Cl2NO2/c1-2-20-15-10-13(16)11(9-14(15)17)5-7-19-8-6-18-12-3-4-12/h9-10,12,18H,2-8H2,1H3. The Labute approximate surface area is 130 Å². The Morgan fingerprint density at radius 2 is 2.00 bits per heavy atom. The van der Waals surface area contributed by atoms with Crippen LogP contribution in [0.2, 0.25) is 10.0 Å². The molecular formula is C15H21Cl2NO2. The van der Waals surface area contributed by atoms with Gasteiger partial charge < -0.3 is 14.8 Å². The van der Waals surface area contributed by atoms with Gasteiger partial charge in [-0.05, 0) is 37.8 Å². The van der Waals surface area contributed by atoms with Crippen LogP contribution in [-0.4, -0.2) is 32.4 Å². The molecule has 3 nitrogen and oxygen atoms in total. The summed E-state index contributed by atoms with van der Waals surface area (Å²) in [5.41, 5.74) is 0.996. The van der Waals surface area contributed by atoms with Crippen LogP contribution in [0.5, 0.6) is 5.75 Å². The lowest BCUT2D eigenvalue weighted by molar-refractivity contribution is 0.138. The molecule has 0 heterocycles. The van der Waals surface area contributed by atoms with Crippen LogP contribution in [0.25, 0.3) is 0 Å². The summed E-state index contributed by atoms with van der Waals surface area (Å²) in [6.45, 7) is 4.80. The first kappa shape index (κ1) is 15.9. The van der Waals surface area contributed by atoms with Crippen molar-refractivity contribution in [3.05, 3.63) is 27.7 Å². The van der Waals surface area contributed by atoms with E-state index >= 15 is 0 Å². The van der Waals surface area contributed by atoms with Crippen LogP contribution >= 0.6 is 23.2 Å². The molecule has 5 heteroatoms. The van der Waals surface area contributed by atoms with Gasteiger partial charge in [-0.15, -0.1) is 0 Å². The monoisotopic (exact) mass is 317 g/mol. The lowest BCUT2D eigenvalue weighted by atomic mass is 10.1. The van der Waals surface area contributed by atoms with Crippen molar-refractivity contribution in [1.29, 1.82) is 0 Å². The average Bonchev–Trinajstić information content (AvgIpc) is 3.23. The van der Waals surface area contributed by atoms with Crippen LogP contribution in [0.3, 0.4) is 0 Å². The fraction of sp³-hybridized carbons (Fsp3) is 0.600. The molecule has 1 fully saturated rings. The molecule has 112 valence electrons. The summed E-state index contributed by atoms with van der Waals surface area (Å²) in [4.78, 5) is 0. The van der Waals surface area contributed by atoms with Crippen molar-refractivity contribution < 1.29 is 9.47 Å². The zero-order valence-electron chi connectivity index (χ0n) is 11.8. The molecule has 0 atom stereocenters. The third kappa shape index (κ3) is 5.13. The summed E-state index contributed by atoms with van der Waals surface area (Å²) < 4.78 is 11.0. The highest BCUT2D eigenvalue weighted by atomic mass is 35.5. The number of hydrogen-bond donors (Lipinski definition) is 1. The van der Waals surface area contributed by atoms with E-state index in [2.05, 4.69) is 5.32 Å². The number of benzene rings is 1. The molecule has 0 aliphatic heterocycles. The average molecular weight is 318 g/mol. The second-order valence-electron chi connectivity index (χ2n) is 4.90. The maximum absolute atomic E-state index is 6.22. The van der Waals surface area contributed by atoms with Crippen molar-refractivity contribution >= 4 is 23.2 Å². The highest BCUT2D eigenvalue weighted by Gasteiger charge is 2.19. The minimum atomic E-state index is 0.576. The molecule has 0 amide bonds. The van der Waals surface area contributed by atoms with Crippen molar-refractivity contribution in [1.82, 2.24) is 5.32 Å². The Bertz CT molecular complexity index is 436. The molecule has 0 unspecified atom stereocenters. The van der Waals surface area contributed by atoms with E-state index in [-0.39, 0.29) is 0 Å². The molecule has 1 aliphatic rings. The molecule has 0 spiro atoms. The van der Waals surface area contributed by atoms with Crippen LogP contribution in [0.4, 0.5) is 0 Å². The van der Waals surface area contributed by atoms with Crippen molar-refractivity contribution in [3.8, 4) is 5.75 Å². The van der Waals surface area contributed by atoms with Gasteiger partial charge >= 0.3 is 0 Å². The van der Waals surface area contributed by atoms with Gasteiger partial charge in [0.2, 0.25) is 0 Å². The molecule has 0 saturated heterocycles. The number of halogens is 2. The largest absolute Gasteiger partial charge is 0.492 e. The summed E-state index contributed by atoms with van der Waals surface area (Å²) in [6, 6.07) is 4.37. The van der Waals surface area contributed by atoms with Gasteiger partial charge in [0.25, 0.3) is 0 Å². The van der Waals surface area contributed by atoms with Gasteiger partial charge in [0.1, 0.15) is 5.75 Å². The van der Waals surface area contributed by atoms with E-state index < -0.39 is 0 Å². The molecule has 0 bridgehead atoms. The van der Waals surface area contributed by atoms with Gasteiger partial charge in [-0.1, -0.05) is 23.2 Å². The molecule has 1 saturated carbocycles. The van der Waals surface area contributed by atoms with Crippen molar-refractivity contribution in [2.24, 2.45) is 0 Å². The number of rotatable bonds is 9. The van der Waals surface area contributed by atoms with Crippen LogP contribution < -0.4 is 10.1 Å². The SMILES string of the molecule is CCOc1cc(Cl)c(CCOCCNC2CC2)cc1Cl. The smallest absolute Gasteiger partial charge is 0.139 e. The van der Waals surface area contributed by atoms with E-state index in [1.54, 1.807) is 6.07 Å². The zero-order chi connectivity index (χ0) is 14.4. The lowest BCUT2D eigenvalue weighted by Crippen LogP contribution is -2.22. The molecule has 1 N–H and O–H groups in total. The molecule has 20 heavy (non-hydrogen) atoms. The molecular weight excluding hydrogens is 297 g/mol. The zero-order valence-corrected chi connectivity index (χ0v) is 13.3. The van der Waals surface area contributed by atoms with Crippen molar-refractivity contribution in [2.75, 3.05) is 26.4 Å². The predicted molar refractivity (Wildman–Crippen MR) is 83.2 cm³/mol. The second-order valence-corrected chi connectivity index (χ2v) is 5.71. The Kier molecular flexibility index (Phi) is 6.43. The number of hydrogen-bond acceptors (Lipinski definition) is 3. The third-order valence-corrected chi connectivity index (χ3v) is 3.82. The topological polar surface area (TPSA) is 30.5 Å². The molecule has 1 aromatic rings. The fourth-order valence-electron chi connectivity index (χ4n) is 1.93. The van der Waals surface area contributed by atoms with E-state index in [9.17, 15) is 0 Å². The van der Waals surface area contributed by atoms with Crippen LogP contribution in [-0.2, 0) is 11.2 Å². The highest BCUT2D eigenvalue weighted by Crippen LogP contribution is 2.31. The summed E-state index contributed by atoms with van der Waals surface area (Å²) in [5, 5.41) is 4.69. The Balaban J connectivity index is 1.72. The van der Waals surface area contributed by atoms with Gasteiger partial charge in [-0.2, -0.15) is 0 Å². The fourth-order valence-corrected chi connectivity index (χ4v) is 2.42. The number of ether oxygens (including phenoxy) is 2. The molecule has 2 rings (SSSR count). The quantitative estimate of drug-likeness (QED) is 0.704. The summed E-state index contributed by atoms with van der Waals surface area (Å²) in [6.07, 6.45) is 3.37. The Hall–Kier alpha value is -0.480. The molecule has 0 radical (unpaired) electrons. The van der Waals surface area contributed by atoms with Gasteiger partial charge in [0.15, 0.2) is 0 Å². The van der Waals surface area contributed by atoms with Gasteiger partial charge in [-0.25, -0.2) is 0 Å². The van der Waals surface area contributed by atoms with E-state index in [1.165, 1.54) is 12.8 Å². The minimum Gasteiger partial charge on any atom is -0.492 e. The normalized spacial score (nSPS) is 14.6. The lowest BCUT2D eigenvalue weighted by Gasteiger charge is -2.10. The summed E-state index contributed by atoms with van der Waals surface area (Å²) >= 11 is 12.4. The second kappa shape index (κ2) is 8.08. The first-order valence-electron chi connectivity index (χ1n) is 7.12. The summed E-state index contributed by atoms with van der Waals surface area (Å²) in [5.74, 6) is 0.637. The minimum absolute atomic E-state index is 0.576.